The van der Waals surface area contributed by atoms with E-state index >= 15 is 0 Å². The van der Waals surface area contributed by atoms with Crippen LogP contribution in [0, 0.1) is 0 Å². The second-order valence-electron chi connectivity index (χ2n) is 3.84. The van der Waals surface area contributed by atoms with Gasteiger partial charge < -0.3 is 5.32 Å². The van der Waals surface area contributed by atoms with Gasteiger partial charge in [-0.25, -0.2) is 0 Å². The minimum Gasteiger partial charge on any atom is -0.305 e. The Labute approximate surface area is 95.3 Å². The average Bonchev–Trinajstić information content (AvgIpc) is 2.74. The Kier molecular flexibility index (Phi) is 3.31. The van der Waals surface area contributed by atoms with Crippen LogP contribution < -0.4 is 5.32 Å². The van der Waals surface area contributed by atoms with Crippen molar-refractivity contribution in [1.82, 2.24) is 20.1 Å². The molecular weight excluding hydrogens is 200 g/mol. The van der Waals surface area contributed by atoms with Crippen molar-refractivity contribution < 1.29 is 0 Å². The molecule has 4 heteroatoms. The lowest BCUT2D eigenvalue weighted by molar-refractivity contribution is 0.529. The summed E-state index contributed by atoms with van der Waals surface area (Å²) in [7, 11) is 1.96. The molecule has 1 N–H and O–H groups in total. The Morgan fingerprint density at radius 1 is 1.25 bits per heavy atom. The molecule has 0 aliphatic carbocycles. The van der Waals surface area contributed by atoms with Gasteiger partial charge in [-0.3, -0.25) is 9.67 Å². The van der Waals surface area contributed by atoms with E-state index in [1.165, 1.54) is 11.3 Å². The predicted octanol–water partition coefficient (Wildman–Crippen LogP) is 1.67. The van der Waals surface area contributed by atoms with Gasteiger partial charge in [0, 0.05) is 38.2 Å². The zero-order valence-corrected chi connectivity index (χ0v) is 9.59. The monoisotopic (exact) mass is 216 g/mol. The highest BCUT2D eigenvalue weighted by atomic mass is 15.3. The fraction of sp³-hybridized carbons (Fsp3) is 0.333. The average molecular weight is 216 g/mol. The van der Waals surface area contributed by atoms with E-state index in [-0.39, 0.29) is 0 Å². The molecule has 84 valence electrons. The quantitative estimate of drug-likeness (QED) is 0.845. The summed E-state index contributed by atoms with van der Waals surface area (Å²) >= 11 is 0. The maximum absolute atomic E-state index is 4.16. The van der Waals surface area contributed by atoms with Gasteiger partial charge in [0.25, 0.3) is 0 Å². The number of nitrogens with zero attached hydrogens (tertiary/aromatic N) is 3. The van der Waals surface area contributed by atoms with Crippen molar-refractivity contribution in [2.45, 2.75) is 19.5 Å². The van der Waals surface area contributed by atoms with E-state index in [0.717, 1.165) is 6.54 Å². The summed E-state index contributed by atoms with van der Waals surface area (Å²) in [5.41, 5.74) is 2.43. The molecule has 0 saturated heterocycles. The zero-order valence-electron chi connectivity index (χ0n) is 9.59. The second-order valence-corrected chi connectivity index (χ2v) is 3.84. The highest BCUT2D eigenvalue weighted by Gasteiger charge is 2.07. The van der Waals surface area contributed by atoms with Gasteiger partial charge in [-0.15, -0.1) is 0 Å². The number of aromatic nitrogens is 3. The van der Waals surface area contributed by atoms with Gasteiger partial charge in [-0.05, 0) is 30.7 Å². The first-order valence-corrected chi connectivity index (χ1v) is 5.37. The molecule has 4 nitrogen and oxygen atoms in total. The molecular formula is C12H16N4. The second kappa shape index (κ2) is 4.90. The number of nitrogens with one attached hydrogen (secondary N) is 1. The lowest BCUT2D eigenvalue weighted by Gasteiger charge is -2.13. The third-order valence-corrected chi connectivity index (χ3v) is 2.66. The van der Waals surface area contributed by atoms with Crippen molar-refractivity contribution in [1.29, 1.82) is 0 Å². The van der Waals surface area contributed by atoms with E-state index < -0.39 is 0 Å². The minimum absolute atomic E-state index is 0.292. The standard InChI is InChI=1S/C12H16N4/c1-10(12-5-8-15-16(12)2)14-9-11-3-6-13-7-4-11/h3-8,10,14H,9H2,1-2H3. The molecule has 0 amide bonds. The third-order valence-electron chi connectivity index (χ3n) is 2.66. The topological polar surface area (TPSA) is 42.7 Å². The van der Waals surface area contributed by atoms with Crippen molar-refractivity contribution in [2.24, 2.45) is 7.05 Å². The van der Waals surface area contributed by atoms with E-state index in [1.54, 1.807) is 0 Å². The Morgan fingerprint density at radius 2 is 2.00 bits per heavy atom. The summed E-state index contributed by atoms with van der Waals surface area (Å²) < 4.78 is 1.89. The summed E-state index contributed by atoms with van der Waals surface area (Å²) in [4.78, 5) is 3.99. The molecule has 0 spiro atoms. The van der Waals surface area contributed by atoms with Crippen LogP contribution in [0.4, 0.5) is 0 Å². The highest BCUT2D eigenvalue weighted by molar-refractivity contribution is 5.11. The third kappa shape index (κ3) is 2.46. The van der Waals surface area contributed by atoms with Crippen LogP contribution in [-0.2, 0) is 13.6 Å². The van der Waals surface area contributed by atoms with Crippen LogP contribution >= 0.6 is 0 Å². The van der Waals surface area contributed by atoms with Crippen LogP contribution in [0.1, 0.15) is 24.2 Å². The first-order valence-electron chi connectivity index (χ1n) is 5.37. The Balaban J connectivity index is 1.94. The van der Waals surface area contributed by atoms with Crippen molar-refractivity contribution in [2.75, 3.05) is 0 Å². The maximum atomic E-state index is 4.16. The highest BCUT2D eigenvalue weighted by Crippen LogP contribution is 2.10. The molecule has 0 radical (unpaired) electrons. The molecule has 0 aliphatic heterocycles. The summed E-state index contributed by atoms with van der Waals surface area (Å²) in [6, 6.07) is 6.36. The largest absolute Gasteiger partial charge is 0.305 e. The Hall–Kier alpha value is -1.68. The van der Waals surface area contributed by atoms with Crippen LogP contribution in [0.15, 0.2) is 36.8 Å². The molecule has 0 saturated carbocycles. The molecule has 0 aliphatic rings. The van der Waals surface area contributed by atoms with Crippen LogP contribution in [0.5, 0.6) is 0 Å². The van der Waals surface area contributed by atoms with Crippen LogP contribution in [0.3, 0.4) is 0 Å². The summed E-state index contributed by atoms with van der Waals surface area (Å²) in [6.45, 7) is 2.98. The van der Waals surface area contributed by atoms with E-state index in [4.69, 9.17) is 0 Å². The fourth-order valence-electron chi connectivity index (χ4n) is 1.68. The van der Waals surface area contributed by atoms with E-state index in [2.05, 4.69) is 22.3 Å². The molecule has 2 rings (SSSR count). The first kappa shape index (κ1) is 10.8. The van der Waals surface area contributed by atoms with Crippen LogP contribution in [-0.4, -0.2) is 14.8 Å². The number of aryl methyl sites for hydroxylation is 1. The smallest absolute Gasteiger partial charge is 0.0547 e. The molecule has 2 aromatic rings. The molecule has 16 heavy (non-hydrogen) atoms. The molecule has 1 unspecified atom stereocenters. The summed E-state index contributed by atoms with van der Waals surface area (Å²) in [6.07, 6.45) is 5.44. The van der Waals surface area contributed by atoms with E-state index in [0.29, 0.717) is 6.04 Å². The first-order chi connectivity index (χ1) is 7.77. The van der Waals surface area contributed by atoms with Gasteiger partial charge in [-0.1, -0.05) is 0 Å². The SMILES string of the molecule is CC(NCc1ccncc1)c1ccnn1C. The zero-order chi connectivity index (χ0) is 11.4. The number of hydrogen-bond acceptors (Lipinski definition) is 3. The van der Waals surface area contributed by atoms with Crippen molar-refractivity contribution in [3.8, 4) is 0 Å². The number of pyridine rings is 1. The molecule has 2 heterocycles. The van der Waals surface area contributed by atoms with Crippen molar-refractivity contribution >= 4 is 0 Å². The fourth-order valence-corrected chi connectivity index (χ4v) is 1.68. The van der Waals surface area contributed by atoms with Crippen molar-refractivity contribution in [3.05, 3.63) is 48.0 Å². The summed E-state index contributed by atoms with van der Waals surface area (Å²) in [5, 5.41) is 7.61. The Bertz CT molecular complexity index is 435. The van der Waals surface area contributed by atoms with E-state index in [9.17, 15) is 0 Å². The minimum atomic E-state index is 0.292. The molecule has 2 aromatic heterocycles. The number of hydrogen-bond donors (Lipinski definition) is 1. The lowest BCUT2D eigenvalue weighted by Crippen LogP contribution is -2.20. The van der Waals surface area contributed by atoms with Gasteiger partial charge in [0.15, 0.2) is 0 Å². The molecule has 0 aromatic carbocycles. The van der Waals surface area contributed by atoms with Gasteiger partial charge in [0.05, 0.1) is 5.69 Å². The van der Waals surface area contributed by atoms with Gasteiger partial charge in [0.2, 0.25) is 0 Å². The van der Waals surface area contributed by atoms with Gasteiger partial charge >= 0.3 is 0 Å². The maximum Gasteiger partial charge on any atom is 0.0547 e. The summed E-state index contributed by atoms with van der Waals surface area (Å²) in [5.74, 6) is 0. The van der Waals surface area contributed by atoms with Crippen molar-refractivity contribution in [3.63, 3.8) is 0 Å². The van der Waals surface area contributed by atoms with Gasteiger partial charge in [0.1, 0.15) is 0 Å². The van der Waals surface area contributed by atoms with Crippen LogP contribution in [0.2, 0.25) is 0 Å². The Morgan fingerprint density at radius 3 is 2.62 bits per heavy atom. The molecule has 0 bridgehead atoms. The molecule has 1 atom stereocenters. The van der Waals surface area contributed by atoms with Gasteiger partial charge in [-0.2, -0.15) is 5.10 Å². The van der Waals surface area contributed by atoms with Crippen LogP contribution in [0.25, 0.3) is 0 Å². The predicted molar refractivity (Wildman–Crippen MR) is 62.7 cm³/mol. The normalized spacial score (nSPS) is 12.6. The number of rotatable bonds is 4. The van der Waals surface area contributed by atoms with E-state index in [1.807, 2.05) is 48.5 Å². The molecule has 0 fully saturated rings. The lowest BCUT2D eigenvalue weighted by atomic mass is 10.2.